The van der Waals surface area contributed by atoms with Crippen molar-refractivity contribution in [1.29, 1.82) is 0 Å². The molecule has 0 spiro atoms. The number of aromatic nitrogens is 3. The largest absolute Gasteiger partial charge is 0.348 e. The number of nitrogens with zero attached hydrogens (tertiary/aromatic N) is 3. The molecule has 2 heterocycles. The summed E-state index contributed by atoms with van der Waals surface area (Å²) in [6.07, 6.45) is 6.05. The minimum absolute atomic E-state index is 0.692. The zero-order valence-corrected chi connectivity index (χ0v) is 12.1. The molecule has 2 aromatic heterocycles. The van der Waals surface area contributed by atoms with Crippen LogP contribution in [0.5, 0.6) is 0 Å². The summed E-state index contributed by atoms with van der Waals surface area (Å²) in [5, 5.41) is 3.49. The molecule has 104 valence electrons. The first kappa shape index (κ1) is 13.9. The summed E-state index contributed by atoms with van der Waals surface area (Å²) in [5.74, 6) is 1.77. The molecule has 0 aliphatic carbocycles. The summed E-state index contributed by atoms with van der Waals surface area (Å²) in [6, 6.07) is 4.31. The van der Waals surface area contributed by atoms with Crippen LogP contribution in [0.4, 0.5) is 0 Å². The van der Waals surface area contributed by atoms with Crippen LogP contribution < -0.4 is 5.32 Å². The van der Waals surface area contributed by atoms with Gasteiger partial charge in [0.2, 0.25) is 0 Å². The average molecular weight is 260 g/mol. The Balaban J connectivity index is 1.87. The van der Waals surface area contributed by atoms with Gasteiger partial charge < -0.3 is 14.5 Å². The molecule has 0 unspecified atom stereocenters. The minimum Gasteiger partial charge on any atom is -0.348 e. The van der Waals surface area contributed by atoms with E-state index in [-0.39, 0.29) is 0 Å². The highest BCUT2D eigenvalue weighted by atomic mass is 15.1. The molecule has 1 N–H and O–H groups in total. The molecule has 2 aromatic rings. The number of nitrogens with one attached hydrogen (secondary N) is 1. The predicted octanol–water partition coefficient (Wildman–Crippen LogP) is 2.44. The molecular formula is C15H24N4. The third kappa shape index (κ3) is 3.96. The lowest BCUT2D eigenvalue weighted by molar-refractivity contribution is 0.515. The quantitative estimate of drug-likeness (QED) is 0.830. The van der Waals surface area contributed by atoms with E-state index in [9.17, 15) is 0 Å². The number of imidazole rings is 1. The molecule has 2 rings (SSSR count). The van der Waals surface area contributed by atoms with Gasteiger partial charge in [-0.25, -0.2) is 4.98 Å². The van der Waals surface area contributed by atoms with Crippen LogP contribution in [-0.4, -0.2) is 20.7 Å². The Labute approximate surface area is 115 Å². The van der Waals surface area contributed by atoms with E-state index in [0.29, 0.717) is 5.92 Å². The molecule has 4 heteroatoms. The van der Waals surface area contributed by atoms with Crippen LogP contribution in [0.25, 0.3) is 0 Å². The molecule has 0 aliphatic heterocycles. The van der Waals surface area contributed by atoms with Gasteiger partial charge in [0.05, 0.1) is 0 Å². The van der Waals surface area contributed by atoms with Crippen molar-refractivity contribution in [1.82, 2.24) is 19.4 Å². The standard InChI is InChI=1S/C15H24N4/c1-13(2)11-16-12-15-5-4-7-19(15)10-9-18-8-6-17-14(18)3/h4-8,13,16H,9-12H2,1-3H3. The highest BCUT2D eigenvalue weighted by Gasteiger charge is 2.02. The number of aryl methyl sites for hydroxylation is 3. The third-order valence-corrected chi connectivity index (χ3v) is 3.29. The molecule has 0 saturated carbocycles. The monoisotopic (exact) mass is 260 g/mol. The van der Waals surface area contributed by atoms with E-state index in [4.69, 9.17) is 0 Å². The molecular weight excluding hydrogens is 236 g/mol. The Hall–Kier alpha value is -1.55. The SMILES string of the molecule is Cc1nccn1CCn1cccc1CNCC(C)C. The zero-order valence-electron chi connectivity index (χ0n) is 12.1. The number of hydrogen-bond acceptors (Lipinski definition) is 2. The van der Waals surface area contributed by atoms with Crippen molar-refractivity contribution in [3.63, 3.8) is 0 Å². The van der Waals surface area contributed by atoms with E-state index < -0.39 is 0 Å². The Morgan fingerprint density at radius 3 is 2.68 bits per heavy atom. The predicted molar refractivity (Wildman–Crippen MR) is 77.9 cm³/mol. The second-order valence-electron chi connectivity index (χ2n) is 5.39. The van der Waals surface area contributed by atoms with Gasteiger partial charge in [0.15, 0.2) is 0 Å². The smallest absolute Gasteiger partial charge is 0.105 e. The second-order valence-corrected chi connectivity index (χ2v) is 5.39. The first-order valence-corrected chi connectivity index (χ1v) is 6.99. The van der Waals surface area contributed by atoms with Crippen molar-refractivity contribution in [2.75, 3.05) is 6.54 Å². The summed E-state index contributed by atoms with van der Waals surface area (Å²) >= 11 is 0. The van der Waals surface area contributed by atoms with Gasteiger partial charge in [0, 0.05) is 43.9 Å². The summed E-state index contributed by atoms with van der Waals surface area (Å²) in [7, 11) is 0. The molecule has 0 fully saturated rings. The van der Waals surface area contributed by atoms with Crippen LogP contribution in [0.2, 0.25) is 0 Å². The molecule has 0 radical (unpaired) electrons. The van der Waals surface area contributed by atoms with Crippen LogP contribution in [0.1, 0.15) is 25.4 Å². The molecule has 0 aliphatic rings. The van der Waals surface area contributed by atoms with Gasteiger partial charge in [-0.3, -0.25) is 0 Å². The summed E-state index contributed by atoms with van der Waals surface area (Å²) in [4.78, 5) is 4.25. The van der Waals surface area contributed by atoms with Crippen LogP contribution in [-0.2, 0) is 19.6 Å². The lowest BCUT2D eigenvalue weighted by atomic mass is 10.2. The van der Waals surface area contributed by atoms with Crippen molar-refractivity contribution in [3.05, 3.63) is 42.2 Å². The topological polar surface area (TPSA) is 34.8 Å². The summed E-state index contributed by atoms with van der Waals surface area (Å²) < 4.78 is 4.50. The molecule has 0 saturated heterocycles. The highest BCUT2D eigenvalue weighted by Crippen LogP contribution is 2.04. The maximum absolute atomic E-state index is 4.25. The van der Waals surface area contributed by atoms with Crippen LogP contribution in [0, 0.1) is 12.8 Å². The van der Waals surface area contributed by atoms with E-state index >= 15 is 0 Å². The van der Waals surface area contributed by atoms with Crippen molar-refractivity contribution in [2.45, 2.75) is 40.4 Å². The first-order chi connectivity index (χ1) is 9.16. The molecule has 4 nitrogen and oxygen atoms in total. The fraction of sp³-hybridized carbons (Fsp3) is 0.533. The molecule has 0 amide bonds. The lowest BCUT2D eigenvalue weighted by Gasteiger charge is -2.12. The lowest BCUT2D eigenvalue weighted by Crippen LogP contribution is -2.21. The van der Waals surface area contributed by atoms with Gasteiger partial charge in [0.1, 0.15) is 5.82 Å². The minimum atomic E-state index is 0.692. The van der Waals surface area contributed by atoms with Gasteiger partial charge >= 0.3 is 0 Å². The van der Waals surface area contributed by atoms with Crippen molar-refractivity contribution >= 4 is 0 Å². The van der Waals surface area contributed by atoms with Gasteiger partial charge in [-0.15, -0.1) is 0 Å². The van der Waals surface area contributed by atoms with E-state index in [1.54, 1.807) is 0 Å². The Kier molecular flexibility index (Phi) is 4.80. The molecule has 0 bridgehead atoms. The van der Waals surface area contributed by atoms with Crippen LogP contribution in [0.15, 0.2) is 30.7 Å². The van der Waals surface area contributed by atoms with E-state index in [1.807, 2.05) is 19.3 Å². The Morgan fingerprint density at radius 1 is 1.21 bits per heavy atom. The number of rotatable bonds is 7. The highest BCUT2D eigenvalue weighted by molar-refractivity contribution is 5.07. The fourth-order valence-electron chi connectivity index (χ4n) is 2.17. The van der Waals surface area contributed by atoms with E-state index in [0.717, 1.165) is 32.0 Å². The first-order valence-electron chi connectivity index (χ1n) is 6.99. The Bertz CT molecular complexity index is 496. The van der Waals surface area contributed by atoms with Gasteiger partial charge in [-0.1, -0.05) is 13.8 Å². The van der Waals surface area contributed by atoms with Crippen molar-refractivity contribution < 1.29 is 0 Å². The molecule has 19 heavy (non-hydrogen) atoms. The summed E-state index contributed by atoms with van der Waals surface area (Å²) in [6.45, 7) is 10.5. The summed E-state index contributed by atoms with van der Waals surface area (Å²) in [5.41, 5.74) is 1.35. The van der Waals surface area contributed by atoms with Gasteiger partial charge in [0.25, 0.3) is 0 Å². The second kappa shape index (κ2) is 6.57. The van der Waals surface area contributed by atoms with E-state index in [1.165, 1.54) is 5.69 Å². The fourth-order valence-corrected chi connectivity index (χ4v) is 2.17. The normalized spacial score (nSPS) is 11.4. The zero-order chi connectivity index (χ0) is 13.7. The maximum atomic E-state index is 4.25. The van der Waals surface area contributed by atoms with Crippen molar-refractivity contribution in [2.24, 2.45) is 5.92 Å². The van der Waals surface area contributed by atoms with Crippen molar-refractivity contribution in [3.8, 4) is 0 Å². The van der Waals surface area contributed by atoms with Gasteiger partial charge in [-0.05, 0) is 31.5 Å². The average Bonchev–Trinajstić information content (AvgIpc) is 2.95. The third-order valence-electron chi connectivity index (χ3n) is 3.29. The molecule has 0 atom stereocenters. The maximum Gasteiger partial charge on any atom is 0.105 e. The van der Waals surface area contributed by atoms with Crippen LogP contribution in [0.3, 0.4) is 0 Å². The van der Waals surface area contributed by atoms with Gasteiger partial charge in [-0.2, -0.15) is 0 Å². The number of hydrogen-bond donors (Lipinski definition) is 1. The molecule has 0 aromatic carbocycles. The Morgan fingerprint density at radius 2 is 2.00 bits per heavy atom. The van der Waals surface area contributed by atoms with Crippen LogP contribution >= 0.6 is 0 Å². The van der Waals surface area contributed by atoms with E-state index in [2.05, 4.69) is 51.6 Å².